The van der Waals surface area contributed by atoms with E-state index in [1.807, 2.05) is 13.8 Å². The molecule has 0 aliphatic carbocycles. The maximum atomic E-state index is 10.9. The van der Waals surface area contributed by atoms with Crippen LogP contribution in [0.4, 0.5) is 4.79 Å². The first-order valence-electron chi connectivity index (χ1n) is 3.75. The Kier molecular flexibility index (Phi) is 5.01. The van der Waals surface area contributed by atoms with E-state index in [4.69, 9.17) is 6.42 Å². The summed E-state index contributed by atoms with van der Waals surface area (Å²) in [6.45, 7) is 4.40. The van der Waals surface area contributed by atoms with E-state index in [1.165, 1.54) is 0 Å². The fourth-order valence-corrected chi connectivity index (χ4v) is 0.631. The lowest BCUT2D eigenvalue weighted by Crippen LogP contribution is -2.40. The fraction of sp³-hybridized carbons (Fsp3) is 0.625. The van der Waals surface area contributed by atoms with Crippen LogP contribution in [-0.4, -0.2) is 18.6 Å². The minimum atomic E-state index is -0.197. The molecule has 0 aromatic rings. The average molecular weight is 154 g/mol. The number of hydrogen-bond acceptors (Lipinski definition) is 1. The SMILES string of the molecule is C#CC(CC)NC(=O)NCC. The molecule has 0 fully saturated rings. The van der Waals surface area contributed by atoms with Gasteiger partial charge in [0.15, 0.2) is 0 Å². The highest BCUT2D eigenvalue weighted by molar-refractivity contribution is 5.74. The molecule has 1 atom stereocenters. The summed E-state index contributed by atoms with van der Waals surface area (Å²) >= 11 is 0. The summed E-state index contributed by atoms with van der Waals surface area (Å²) in [4.78, 5) is 10.9. The number of nitrogens with one attached hydrogen (secondary N) is 2. The Morgan fingerprint density at radius 3 is 2.64 bits per heavy atom. The molecule has 0 aliphatic heterocycles. The smallest absolute Gasteiger partial charge is 0.315 e. The third-order valence-corrected chi connectivity index (χ3v) is 1.25. The van der Waals surface area contributed by atoms with Crippen LogP contribution in [0.15, 0.2) is 0 Å². The van der Waals surface area contributed by atoms with Crippen molar-refractivity contribution in [2.75, 3.05) is 6.54 Å². The number of amides is 2. The van der Waals surface area contributed by atoms with Crippen molar-refractivity contribution in [3.05, 3.63) is 0 Å². The number of terminal acetylenes is 1. The van der Waals surface area contributed by atoms with Crippen molar-refractivity contribution in [2.24, 2.45) is 0 Å². The molecule has 1 unspecified atom stereocenters. The van der Waals surface area contributed by atoms with Crippen LogP contribution in [0.2, 0.25) is 0 Å². The van der Waals surface area contributed by atoms with Gasteiger partial charge in [0.05, 0.1) is 6.04 Å². The number of rotatable bonds is 3. The van der Waals surface area contributed by atoms with E-state index in [2.05, 4.69) is 16.6 Å². The molecule has 0 aromatic heterocycles. The normalized spacial score (nSPS) is 11.4. The minimum absolute atomic E-state index is 0.151. The van der Waals surface area contributed by atoms with Crippen molar-refractivity contribution in [3.63, 3.8) is 0 Å². The number of urea groups is 1. The number of hydrogen-bond donors (Lipinski definition) is 2. The Labute approximate surface area is 67.6 Å². The number of carbonyl (C=O) groups excluding carboxylic acids is 1. The van der Waals surface area contributed by atoms with E-state index in [0.717, 1.165) is 6.42 Å². The van der Waals surface area contributed by atoms with Crippen molar-refractivity contribution in [1.29, 1.82) is 0 Å². The lowest BCUT2D eigenvalue weighted by Gasteiger charge is -2.10. The molecule has 0 aromatic carbocycles. The summed E-state index contributed by atoms with van der Waals surface area (Å²) in [6.07, 6.45) is 5.89. The van der Waals surface area contributed by atoms with E-state index in [-0.39, 0.29) is 12.1 Å². The van der Waals surface area contributed by atoms with Crippen LogP contribution in [0.3, 0.4) is 0 Å². The van der Waals surface area contributed by atoms with Crippen LogP contribution >= 0.6 is 0 Å². The predicted molar refractivity (Wildman–Crippen MR) is 45.1 cm³/mol. The van der Waals surface area contributed by atoms with Crippen LogP contribution in [0.25, 0.3) is 0 Å². The first kappa shape index (κ1) is 9.83. The summed E-state index contributed by atoms with van der Waals surface area (Å²) in [6, 6.07) is -0.348. The van der Waals surface area contributed by atoms with Gasteiger partial charge < -0.3 is 10.6 Å². The fourth-order valence-electron chi connectivity index (χ4n) is 0.631. The molecule has 11 heavy (non-hydrogen) atoms. The third-order valence-electron chi connectivity index (χ3n) is 1.25. The highest BCUT2D eigenvalue weighted by atomic mass is 16.2. The van der Waals surface area contributed by atoms with Crippen LogP contribution < -0.4 is 10.6 Å². The Balaban J connectivity index is 3.65. The topological polar surface area (TPSA) is 41.1 Å². The largest absolute Gasteiger partial charge is 0.338 e. The molecular formula is C8H14N2O. The molecule has 0 radical (unpaired) electrons. The molecule has 2 amide bonds. The second-order valence-electron chi connectivity index (χ2n) is 2.13. The van der Waals surface area contributed by atoms with E-state index >= 15 is 0 Å². The Morgan fingerprint density at radius 1 is 1.64 bits per heavy atom. The molecule has 0 heterocycles. The Morgan fingerprint density at radius 2 is 2.27 bits per heavy atom. The van der Waals surface area contributed by atoms with E-state index in [1.54, 1.807) is 0 Å². The molecule has 0 rings (SSSR count). The maximum Gasteiger partial charge on any atom is 0.315 e. The monoisotopic (exact) mass is 154 g/mol. The van der Waals surface area contributed by atoms with Gasteiger partial charge in [-0.25, -0.2) is 4.79 Å². The van der Waals surface area contributed by atoms with Gasteiger partial charge in [-0.3, -0.25) is 0 Å². The van der Waals surface area contributed by atoms with Crippen LogP contribution in [0, 0.1) is 12.3 Å². The van der Waals surface area contributed by atoms with Crippen molar-refractivity contribution in [3.8, 4) is 12.3 Å². The van der Waals surface area contributed by atoms with Crippen LogP contribution in [0.1, 0.15) is 20.3 Å². The van der Waals surface area contributed by atoms with E-state index in [0.29, 0.717) is 6.54 Å². The highest BCUT2D eigenvalue weighted by Gasteiger charge is 2.04. The van der Waals surface area contributed by atoms with Crippen molar-refractivity contribution < 1.29 is 4.79 Å². The highest BCUT2D eigenvalue weighted by Crippen LogP contribution is 1.86. The first-order chi connectivity index (χ1) is 5.24. The van der Waals surface area contributed by atoms with Gasteiger partial charge in [-0.15, -0.1) is 6.42 Å². The predicted octanol–water partition coefficient (Wildman–Crippen LogP) is 0.717. The first-order valence-corrected chi connectivity index (χ1v) is 3.75. The maximum absolute atomic E-state index is 10.9. The average Bonchev–Trinajstić information content (AvgIpc) is 2.01. The quantitative estimate of drug-likeness (QED) is 0.578. The van der Waals surface area contributed by atoms with Crippen molar-refractivity contribution in [1.82, 2.24) is 10.6 Å². The summed E-state index contributed by atoms with van der Waals surface area (Å²) in [5.41, 5.74) is 0. The van der Waals surface area contributed by atoms with Gasteiger partial charge in [0.1, 0.15) is 0 Å². The van der Waals surface area contributed by atoms with E-state index < -0.39 is 0 Å². The summed E-state index contributed by atoms with van der Waals surface area (Å²) in [5, 5.41) is 5.23. The zero-order valence-electron chi connectivity index (χ0n) is 6.98. The Bertz CT molecular complexity index is 160. The zero-order valence-corrected chi connectivity index (χ0v) is 6.98. The van der Waals surface area contributed by atoms with Crippen LogP contribution in [-0.2, 0) is 0 Å². The Hall–Kier alpha value is -1.17. The van der Waals surface area contributed by atoms with Crippen LogP contribution in [0.5, 0.6) is 0 Å². The summed E-state index contributed by atoms with van der Waals surface area (Å²) < 4.78 is 0. The van der Waals surface area contributed by atoms with Gasteiger partial charge in [-0.05, 0) is 13.3 Å². The molecule has 0 bridgehead atoms. The summed E-state index contributed by atoms with van der Waals surface area (Å²) in [7, 11) is 0. The van der Waals surface area contributed by atoms with Crippen molar-refractivity contribution in [2.45, 2.75) is 26.3 Å². The van der Waals surface area contributed by atoms with Gasteiger partial charge in [0, 0.05) is 6.54 Å². The molecule has 0 aliphatic rings. The lowest BCUT2D eigenvalue weighted by atomic mass is 10.2. The van der Waals surface area contributed by atoms with Gasteiger partial charge in [0.2, 0.25) is 0 Å². The zero-order chi connectivity index (χ0) is 8.69. The standard InChI is InChI=1S/C8H14N2O/c1-4-7(5-2)10-8(11)9-6-3/h1,7H,5-6H2,2-3H3,(H2,9,10,11). The molecule has 0 spiro atoms. The second kappa shape index (κ2) is 5.60. The lowest BCUT2D eigenvalue weighted by molar-refractivity contribution is 0.239. The van der Waals surface area contributed by atoms with Crippen molar-refractivity contribution >= 4 is 6.03 Å². The molecule has 3 nitrogen and oxygen atoms in total. The number of carbonyl (C=O) groups is 1. The van der Waals surface area contributed by atoms with Gasteiger partial charge in [-0.2, -0.15) is 0 Å². The molecule has 0 saturated carbocycles. The third kappa shape index (κ3) is 4.26. The minimum Gasteiger partial charge on any atom is -0.338 e. The van der Waals surface area contributed by atoms with Gasteiger partial charge >= 0.3 is 6.03 Å². The molecular weight excluding hydrogens is 140 g/mol. The second-order valence-corrected chi connectivity index (χ2v) is 2.13. The summed E-state index contributed by atoms with van der Waals surface area (Å²) in [5.74, 6) is 2.47. The van der Waals surface area contributed by atoms with Gasteiger partial charge in [-0.1, -0.05) is 12.8 Å². The molecule has 0 saturated heterocycles. The molecule has 62 valence electrons. The van der Waals surface area contributed by atoms with E-state index in [9.17, 15) is 4.79 Å². The molecule has 3 heteroatoms. The van der Waals surface area contributed by atoms with Gasteiger partial charge in [0.25, 0.3) is 0 Å². The molecule has 2 N–H and O–H groups in total.